The van der Waals surface area contributed by atoms with Crippen LogP contribution in [0.4, 0.5) is 0 Å². The molecular formula is C25H20Cl2N2O2S. The smallest absolute Gasteiger partial charge is 0.271 e. The quantitative estimate of drug-likeness (QED) is 0.520. The van der Waals surface area contributed by atoms with Crippen molar-refractivity contribution in [3.63, 3.8) is 0 Å². The van der Waals surface area contributed by atoms with Gasteiger partial charge < -0.3 is 0 Å². The molecule has 0 fully saturated rings. The van der Waals surface area contributed by atoms with Crippen LogP contribution in [0.15, 0.2) is 69.6 Å². The van der Waals surface area contributed by atoms with E-state index in [0.29, 0.717) is 37.8 Å². The third-order valence-corrected chi connectivity index (χ3v) is 7.30. The van der Waals surface area contributed by atoms with Crippen LogP contribution in [0.2, 0.25) is 10.0 Å². The maximum absolute atomic E-state index is 13.6. The number of benzene rings is 2. The van der Waals surface area contributed by atoms with E-state index in [2.05, 4.69) is 13.8 Å². The largest absolute Gasteiger partial charge is 0.294 e. The fourth-order valence-electron chi connectivity index (χ4n) is 4.46. The van der Waals surface area contributed by atoms with E-state index in [4.69, 9.17) is 28.2 Å². The summed E-state index contributed by atoms with van der Waals surface area (Å²) in [5, 5.41) is 1.21. The number of fused-ring (bicyclic) bond motifs is 1. The highest BCUT2D eigenvalue weighted by Gasteiger charge is 2.40. The van der Waals surface area contributed by atoms with E-state index < -0.39 is 6.04 Å². The summed E-state index contributed by atoms with van der Waals surface area (Å²) in [4.78, 5) is 32.2. The number of aromatic nitrogens is 1. The van der Waals surface area contributed by atoms with Gasteiger partial charge in [0.15, 0.2) is 10.6 Å². The molecule has 0 spiro atoms. The second-order valence-electron chi connectivity index (χ2n) is 8.99. The molecule has 1 aliphatic heterocycles. The van der Waals surface area contributed by atoms with Gasteiger partial charge in [-0.2, -0.15) is 0 Å². The van der Waals surface area contributed by atoms with Crippen LogP contribution < -0.4 is 14.9 Å². The summed E-state index contributed by atoms with van der Waals surface area (Å²) < 4.78 is 2.20. The zero-order valence-corrected chi connectivity index (χ0v) is 19.9. The molecule has 162 valence electrons. The maximum atomic E-state index is 13.6. The molecule has 0 amide bonds. The first-order valence-electron chi connectivity index (χ1n) is 10.3. The zero-order chi connectivity index (χ0) is 22.6. The number of halogens is 2. The predicted octanol–water partition coefficient (Wildman–Crippen LogP) is 4.91. The van der Waals surface area contributed by atoms with Gasteiger partial charge in [0.2, 0.25) is 0 Å². The fraction of sp³-hybridized carbons (Fsp3) is 0.240. The first-order chi connectivity index (χ1) is 15.2. The first-order valence-corrected chi connectivity index (χ1v) is 11.9. The molecule has 4 nitrogen and oxygen atoms in total. The van der Waals surface area contributed by atoms with Gasteiger partial charge in [0.25, 0.3) is 5.56 Å². The van der Waals surface area contributed by atoms with Crippen LogP contribution >= 0.6 is 34.5 Å². The molecule has 2 heterocycles. The normalized spacial score (nSPS) is 20.1. The molecule has 0 bridgehead atoms. The molecule has 5 rings (SSSR count). The van der Waals surface area contributed by atoms with Gasteiger partial charge in [-0.05, 0) is 53.3 Å². The number of allylic oxidation sites excluding steroid dienone is 2. The predicted molar refractivity (Wildman–Crippen MR) is 129 cm³/mol. The minimum absolute atomic E-state index is 0.0454. The fourth-order valence-corrected chi connectivity index (χ4v) is 5.80. The van der Waals surface area contributed by atoms with Gasteiger partial charge in [0, 0.05) is 22.0 Å². The molecule has 0 saturated heterocycles. The number of hydrogen-bond donors (Lipinski definition) is 0. The second-order valence-corrected chi connectivity index (χ2v) is 10.9. The molecular weight excluding hydrogens is 463 g/mol. The summed E-state index contributed by atoms with van der Waals surface area (Å²) in [6, 6.07) is 14.2. The Morgan fingerprint density at radius 1 is 1.06 bits per heavy atom. The molecule has 1 aliphatic carbocycles. The third kappa shape index (κ3) is 3.79. The lowest BCUT2D eigenvalue weighted by atomic mass is 9.73. The molecule has 7 heteroatoms. The Balaban J connectivity index is 1.77. The van der Waals surface area contributed by atoms with Crippen molar-refractivity contribution < 1.29 is 4.79 Å². The van der Waals surface area contributed by atoms with Crippen LogP contribution in [0.1, 0.15) is 43.9 Å². The Bertz CT molecular complexity index is 1460. The number of ketones is 1. The van der Waals surface area contributed by atoms with Crippen LogP contribution in [0.25, 0.3) is 6.08 Å². The Morgan fingerprint density at radius 2 is 1.81 bits per heavy atom. The number of hydrogen-bond acceptors (Lipinski definition) is 4. The summed E-state index contributed by atoms with van der Waals surface area (Å²) >= 11 is 13.6. The molecule has 1 unspecified atom stereocenters. The molecule has 1 aromatic heterocycles. The van der Waals surface area contributed by atoms with Crippen molar-refractivity contribution >= 4 is 46.4 Å². The van der Waals surface area contributed by atoms with E-state index in [0.717, 1.165) is 16.8 Å². The van der Waals surface area contributed by atoms with Gasteiger partial charge in [0.1, 0.15) is 0 Å². The number of rotatable bonds is 2. The Morgan fingerprint density at radius 3 is 2.53 bits per heavy atom. The number of thiazole rings is 1. The topological polar surface area (TPSA) is 51.4 Å². The van der Waals surface area contributed by atoms with Crippen LogP contribution in [0.5, 0.6) is 0 Å². The molecule has 0 radical (unpaired) electrons. The maximum Gasteiger partial charge on any atom is 0.271 e. The minimum Gasteiger partial charge on any atom is -0.294 e. The summed E-state index contributed by atoms with van der Waals surface area (Å²) in [7, 11) is 0. The lowest BCUT2D eigenvalue weighted by Gasteiger charge is -2.35. The summed E-state index contributed by atoms with van der Waals surface area (Å²) in [6.07, 6.45) is 2.95. The Labute approximate surface area is 199 Å². The third-order valence-electron chi connectivity index (χ3n) is 5.83. The van der Waals surface area contributed by atoms with E-state index in [1.54, 1.807) is 22.8 Å². The van der Waals surface area contributed by atoms with Crippen LogP contribution in [0.3, 0.4) is 0 Å². The number of Topliss-reactive ketones (excluding diaryl/α,β-unsaturated/α-hetero) is 1. The van der Waals surface area contributed by atoms with Gasteiger partial charge in [-0.3, -0.25) is 14.2 Å². The zero-order valence-electron chi connectivity index (χ0n) is 17.6. The van der Waals surface area contributed by atoms with Gasteiger partial charge in [-0.1, -0.05) is 72.7 Å². The second kappa shape index (κ2) is 7.84. The SMILES string of the molecule is CC1(C)CC(=O)C2=C(C1)N=c1sc(=Cc3cccc(Cl)c3)c(=O)n1C2c1ccc(Cl)cc1. The highest BCUT2D eigenvalue weighted by Crippen LogP contribution is 2.43. The van der Waals surface area contributed by atoms with Crippen LogP contribution in [-0.4, -0.2) is 10.4 Å². The van der Waals surface area contributed by atoms with Crippen molar-refractivity contribution in [2.45, 2.75) is 32.7 Å². The average Bonchev–Trinajstić information content (AvgIpc) is 3.01. The molecule has 32 heavy (non-hydrogen) atoms. The molecule has 1 atom stereocenters. The van der Waals surface area contributed by atoms with Crippen molar-refractivity contribution in [1.29, 1.82) is 0 Å². The summed E-state index contributed by atoms with van der Waals surface area (Å²) in [5.41, 5.74) is 2.75. The van der Waals surface area contributed by atoms with Crippen LogP contribution in [-0.2, 0) is 4.79 Å². The van der Waals surface area contributed by atoms with Gasteiger partial charge in [-0.25, -0.2) is 4.99 Å². The monoisotopic (exact) mass is 482 g/mol. The Hall–Kier alpha value is -2.47. The standard InChI is InChI=1S/C25H20Cl2N2O2S/c1-25(2)12-18-21(19(30)13-25)22(15-6-8-16(26)9-7-15)29-23(31)20(32-24(29)28-18)11-14-4-3-5-17(27)10-14/h3-11,22H,12-13H2,1-2H3. The lowest BCUT2D eigenvalue weighted by molar-refractivity contribution is -0.118. The van der Waals surface area contributed by atoms with Gasteiger partial charge >= 0.3 is 0 Å². The van der Waals surface area contributed by atoms with Crippen molar-refractivity contribution in [3.05, 3.63) is 101 Å². The van der Waals surface area contributed by atoms with Crippen LogP contribution in [0, 0.1) is 5.41 Å². The molecule has 0 N–H and O–H groups in total. The Kier molecular flexibility index (Phi) is 5.24. The highest BCUT2D eigenvalue weighted by atomic mass is 35.5. The summed E-state index contributed by atoms with van der Waals surface area (Å²) in [5.74, 6) is 0.0454. The van der Waals surface area contributed by atoms with E-state index in [9.17, 15) is 9.59 Å². The van der Waals surface area contributed by atoms with E-state index in [1.807, 2.05) is 36.4 Å². The number of carbonyl (C=O) groups excluding carboxylic acids is 1. The van der Waals surface area contributed by atoms with Crippen molar-refractivity contribution in [3.8, 4) is 0 Å². The molecule has 2 aliphatic rings. The van der Waals surface area contributed by atoms with Crippen molar-refractivity contribution in [2.75, 3.05) is 0 Å². The van der Waals surface area contributed by atoms with Crippen molar-refractivity contribution in [1.82, 2.24) is 4.57 Å². The van der Waals surface area contributed by atoms with Gasteiger partial charge in [0.05, 0.1) is 16.3 Å². The highest BCUT2D eigenvalue weighted by molar-refractivity contribution is 7.07. The average molecular weight is 483 g/mol. The number of nitrogens with zero attached hydrogens (tertiary/aromatic N) is 2. The van der Waals surface area contributed by atoms with E-state index in [-0.39, 0.29) is 16.8 Å². The van der Waals surface area contributed by atoms with E-state index >= 15 is 0 Å². The summed E-state index contributed by atoms with van der Waals surface area (Å²) in [6.45, 7) is 4.16. The molecule has 2 aromatic carbocycles. The number of carbonyl (C=O) groups is 1. The first kappa shape index (κ1) is 21.4. The lowest BCUT2D eigenvalue weighted by Crippen LogP contribution is -2.42. The van der Waals surface area contributed by atoms with Gasteiger partial charge in [-0.15, -0.1) is 0 Å². The van der Waals surface area contributed by atoms with Crippen molar-refractivity contribution in [2.24, 2.45) is 10.4 Å². The molecule has 0 saturated carbocycles. The minimum atomic E-state index is -0.511. The van der Waals surface area contributed by atoms with E-state index in [1.165, 1.54) is 11.3 Å². The molecule has 3 aromatic rings.